The van der Waals surface area contributed by atoms with Gasteiger partial charge >= 0.3 is 0 Å². The molecule has 8 heteroatoms. The van der Waals surface area contributed by atoms with Gasteiger partial charge in [0, 0.05) is 44.3 Å². The third kappa shape index (κ3) is 4.94. The standard InChI is InChI=1S/C23H34N4O3S/c1-17(2)22(16-24)25-11-13-26(14-12-25)23(28)21-15-20(9-8-18(21)3)31(29,30)27-10-6-5-7-19(27)4/h8-9,15,17,19,22H,5-7,10-14H2,1-4H3. The van der Waals surface area contributed by atoms with Crippen LogP contribution in [0.4, 0.5) is 0 Å². The van der Waals surface area contributed by atoms with Crippen LogP contribution in [0, 0.1) is 24.2 Å². The molecule has 0 spiro atoms. The molecule has 2 aliphatic heterocycles. The highest BCUT2D eigenvalue weighted by molar-refractivity contribution is 7.89. The fourth-order valence-electron chi connectivity index (χ4n) is 4.58. The van der Waals surface area contributed by atoms with Gasteiger partial charge in [0.25, 0.3) is 5.91 Å². The van der Waals surface area contributed by atoms with E-state index in [-0.39, 0.29) is 28.8 Å². The highest BCUT2D eigenvalue weighted by atomic mass is 32.2. The maximum absolute atomic E-state index is 13.3. The van der Waals surface area contributed by atoms with E-state index < -0.39 is 10.0 Å². The van der Waals surface area contributed by atoms with Crippen molar-refractivity contribution in [1.29, 1.82) is 5.26 Å². The number of hydrogen-bond acceptors (Lipinski definition) is 5. The van der Waals surface area contributed by atoms with Crippen molar-refractivity contribution < 1.29 is 13.2 Å². The number of benzene rings is 1. The number of rotatable bonds is 5. The van der Waals surface area contributed by atoms with Crippen LogP contribution in [0.25, 0.3) is 0 Å². The summed E-state index contributed by atoms with van der Waals surface area (Å²) < 4.78 is 28.0. The van der Waals surface area contributed by atoms with Crippen molar-refractivity contribution in [3.05, 3.63) is 29.3 Å². The van der Waals surface area contributed by atoms with Gasteiger partial charge in [0.1, 0.15) is 6.04 Å². The number of piperazine rings is 1. The van der Waals surface area contributed by atoms with E-state index in [1.807, 2.05) is 27.7 Å². The average molecular weight is 447 g/mol. The first kappa shape index (κ1) is 23.7. The van der Waals surface area contributed by atoms with Gasteiger partial charge in [-0.1, -0.05) is 26.3 Å². The van der Waals surface area contributed by atoms with Gasteiger partial charge in [-0.05, 0) is 50.3 Å². The van der Waals surface area contributed by atoms with Crippen LogP contribution in [0.2, 0.25) is 0 Å². The molecular weight excluding hydrogens is 412 g/mol. The lowest BCUT2D eigenvalue weighted by molar-refractivity contribution is 0.0576. The summed E-state index contributed by atoms with van der Waals surface area (Å²) in [5, 5.41) is 9.44. The zero-order valence-corrected chi connectivity index (χ0v) is 19.9. The van der Waals surface area contributed by atoms with Crippen LogP contribution in [0.1, 0.15) is 56.0 Å². The Bertz CT molecular complexity index is 946. The summed E-state index contributed by atoms with van der Waals surface area (Å²) in [6, 6.07) is 7.08. The van der Waals surface area contributed by atoms with Gasteiger partial charge in [0.15, 0.2) is 0 Å². The molecule has 2 fully saturated rings. The van der Waals surface area contributed by atoms with E-state index in [0.717, 1.165) is 24.8 Å². The molecule has 31 heavy (non-hydrogen) atoms. The Morgan fingerprint density at radius 2 is 1.81 bits per heavy atom. The van der Waals surface area contributed by atoms with E-state index in [1.165, 1.54) is 0 Å². The lowest BCUT2D eigenvalue weighted by atomic mass is 10.0. The van der Waals surface area contributed by atoms with E-state index in [2.05, 4.69) is 11.0 Å². The average Bonchev–Trinajstić information content (AvgIpc) is 2.74. The SMILES string of the molecule is Cc1ccc(S(=O)(=O)N2CCCCC2C)cc1C(=O)N1CCN(C(C#N)C(C)C)CC1. The van der Waals surface area contributed by atoms with Gasteiger partial charge in [0.2, 0.25) is 10.0 Å². The third-order valence-corrected chi connectivity index (χ3v) is 8.56. The number of aryl methyl sites for hydroxylation is 1. The van der Waals surface area contributed by atoms with Gasteiger partial charge in [-0.2, -0.15) is 9.57 Å². The minimum atomic E-state index is -3.63. The van der Waals surface area contributed by atoms with Crippen molar-refractivity contribution in [3.8, 4) is 6.07 Å². The maximum atomic E-state index is 13.3. The predicted molar refractivity (Wildman–Crippen MR) is 120 cm³/mol. The molecule has 0 aromatic heterocycles. The zero-order chi connectivity index (χ0) is 22.8. The van der Waals surface area contributed by atoms with Crippen molar-refractivity contribution in [2.24, 2.45) is 5.92 Å². The first-order valence-corrected chi connectivity index (χ1v) is 12.7. The molecule has 1 aromatic carbocycles. The number of carbonyl (C=O) groups is 1. The van der Waals surface area contributed by atoms with Crippen LogP contribution in [-0.4, -0.2) is 73.2 Å². The van der Waals surface area contributed by atoms with E-state index in [1.54, 1.807) is 27.4 Å². The van der Waals surface area contributed by atoms with Crippen LogP contribution in [0.15, 0.2) is 23.1 Å². The van der Waals surface area contributed by atoms with Crippen LogP contribution < -0.4 is 0 Å². The van der Waals surface area contributed by atoms with Crippen molar-refractivity contribution in [2.45, 2.75) is 63.9 Å². The molecule has 2 heterocycles. The molecule has 0 aliphatic carbocycles. The molecular formula is C23H34N4O3S. The van der Waals surface area contributed by atoms with Crippen molar-refractivity contribution >= 4 is 15.9 Å². The fraction of sp³-hybridized carbons (Fsp3) is 0.652. The summed E-state index contributed by atoms with van der Waals surface area (Å²) in [4.78, 5) is 17.3. The van der Waals surface area contributed by atoms with Gasteiger partial charge in [-0.3, -0.25) is 9.69 Å². The van der Waals surface area contributed by atoms with Crippen molar-refractivity contribution in [1.82, 2.24) is 14.1 Å². The van der Waals surface area contributed by atoms with Gasteiger partial charge in [0.05, 0.1) is 11.0 Å². The molecule has 170 valence electrons. The Kier molecular flexibility index (Phi) is 7.40. The van der Waals surface area contributed by atoms with Crippen LogP contribution in [0.3, 0.4) is 0 Å². The molecule has 0 radical (unpaired) electrons. The largest absolute Gasteiger partial charge is 0.336 e. The summed E-state index contributed by atoms with van der Waals surface area (Å²) >= 11 is 0. The number of nitriles is 1. The minimum absolute atomic E-state index is 0.0266. The lowest BCUT2D eigenvalue weighted by Crippen LogP contribution is -2.53. The highest BCUT2D eigenvalue weighted by Crippen LogP contribution is 2.27. The Morgan fingerprint density at radius 3 is 2.39 bits per heavy atom. The summed E-state index contributed by atoms with van der Waals surface area (Å²) in [6.45, 7) is 10.7. The van der Waals surface area contributed by atoms with E-state index in [4.69, 9.17) is 0 Å². The molecule has 1 aromatic rings. The predicted octanol–water partition coefficient (Wildman–Crippen LogP) is 2.86. The van der Waals surface area contributed by atoms with Gasteiger partial charge in [-0.15, -0.1) is 0 Å². The highest BCUT2D eigenvalue weighted by Gasteiger charge is 2.33. The number of amides is 1. The molecule has 0 bridgehead atoms. The Labute approximate surface area is 186 Å². The summed E-state index contributed by atoms with van der Waals surface area (Å²) in [5.74, 6) is 0.0903. The summed E-state index contributed by atoms with van der Waals surface area (Å²) in [5.41, 5.74) is 1.22. The Hall–Kier alpha value is -1.95. The molecule has 1 amide bonds. The quantitative estimate of drug-likeness (QED) is 0.694. The maximum Gasteiger partial charge on any atom is 0.254 e. The molecule has 0 saturated carbocycles. The molecule has 2 saturated heterocycles. The first-order chi connectivity index (χ1) is 14.7. The molecule has 3 rings (SSSR count). The number of hydrogen-bond donors (Lipinski definition) is 0. The first-order valence-electron chi connectivity index (χ1n) is 11.2. The zero-order valence-electron chi connectivity index (χ0n) is 19.0. The number of piperidine rings is 1. The number of sulfonamides is 1. The minimum Gasteiger partial charge on any atom is -0.336 e. The molecule has 7 nitrogen and oxygen atoms in total. The molecule has 2 atom stereocenters. The Morgan fingerprint density at radius 1 is 1.13 bits per heavy atom. The second kappa shape index (κ2) is 9.68. The molecule has 2 unspecified atom stereocenters. The topological polar surface area (TPSA) is 84.7 Å². The van der Waals surface area contributed by atoms with Gasteiger partial charge < -0.3 is 4.90 Å². The number of carbonyl (C=O) groups excluding carboxylic acids is 1. The van der Waals surface area contributed by atoms with Crippen molar-refractivity contribution in [3.63, 3.8) is 0 Å². The van der Waals surface area contributed by atoms with E-state index in [0.29, 0.717) is 38.3 Å². The summed E-state index contributed by atoms with van der Waals surface area (Å²) in [6.07, 6.45) is 2.77. The second-order valence-electron chi connectivity index (χ2n) is 9.08. The fourth-order valence-corrected chi connectivity index (χ4v) is 6.31. The van der Waals surface area contributed by atoms with Crippen LogP contribution >= 0.6 is 0 Å². The third-order valence-electron chi connectivity index (χ3n) is 6.55. The molecule has 2 aliphatic rings. The van der Waals surface area contributed by atoms with E-state index >= 15 is 0 Å². The number of nitrogens with zero attached hydrogens (tertiary/aromatic N) is 4. The van der Waals surface area contributed by atoms with E-state index in [9.17, 15) is 18.5 Å². The smallest absolute Gasteiger partial charge is 0.254 e. The summed E-state index contributed by atoms with van der Waals surface area (Å²) in [7, 11) is -3.63. The van der Waals surface area contributed by atoms with Crippen LogP contribution in [-0.2, 0) is 10.0 Å². The lowest BCUT2D eigenvalue weighted by Gasteiger charge is -2.38. The van der Waals surface area contributed by atoms with Crippen LogP contribution in [0.5, 0.6) is 0 Å². The monoisotopic (exact) mass is 446 g/mol. The Balaban J connectivity index is 1.78. The molecule has 0 N–H and O–H groups in total. The second-order valence-corrected chi connectivity index (χ2v) is 11.0. The van der Waals surface area contributed by atoms with Crippen molar-refractivity contribution in [2.75, 3.05) is 32.7 Å². The normalized spacial score (nSPS) is 22.3. The van der Waals surface area contributed by atoms with Gasteiger partial charge in [-0.25, -0.2) is 8.42 Å².